The van der Waals surface area contributed by atoms with Crippen molar-refractivity contribution in [2.75, 3.05) is 20.1 Å². The molecule has 0 spiro atoms. The van der Waals surface area contributed by atoms with Crippen LogP contribution in [0, 0.1) is 6.92 Å². The highest BCUT2D eigenvalue weighted by molar-refractivity contribution is 5.78. The van der Waals surface area contributed by atoms with E-state index in [1.54, 1.807) is 0 Å². The van der Waals surface area contributed by atoms with Crippen LogP contribution in [0.2, 0.25) is 0 Å². The minimum atomic E-state index is 0.283. The SMILES string of the molecule is CCN(C(=O)CN(C)Cc1ccccc1C)C1CCCCC1. The van der Waals surface area contributed by atoms with Crippen molar-refractivity contribution in [1.82, 2.24) is 9.80 Å². The van der Waals surface area contributed by atoms with Gasteiger partial charge in [0.05, 0.1) is 6.54 Å². The number of aryl methyl sites for hydroxylation is 1. The van der Waals surface area contributed by atoms with Crippen molar-refractivity contribution in [3.05, 3.63) is 35.4 Å². The molecule has 0 aromatic heterocycles. The van der Waals surface area contributed by atoms with Crippen LogP contribution in [0.1, 0.15) is 50.2 Å². The lowest BCUT2D eigenvalue weighted by molar-refractivity contribution is -0.135. The third-order valence-electron chi connectivity index (χ3n) is 4.78. The highest BCUT2D eigenvalue weighted by atomic mass is 16.2. The average molecular weight is 302 g/mol. The van der Waals surface area contributed by atoms with Gasteiger partial charge in [0.2, 0.25) is 5.91 Å². The van der Waals surface area contributed by atoms with Crippen molar-refractivity contribution >= 4 is 5.91 Å². The summed E-state index contributed by atoms with van der Waals surface area (Å²) in [7, 11) is 2.04. The first-order valence-electron chi connectivity index (χ1n) is 8.64. The summed E-state index contributed by atoms with van der Waals surface area (Å²) < 4.78 is 0. The van der Waals surface area contributed by atoms with E-state index < -0.39 is 0 Å². The summed E-state index contributed by atoms with van der Waals surface area (Å²) in [6.07, 6.45) is 6.23. The molecule has 3 nitrogen and oxygen atoms in total. The third-order valence-corrected chi connectivity index (χ3v) is 4.78. The van der Waals surface area contributed by atoms with Crippen LogP contribution in [0.15, 0.2) is 24.3 Å². The van der Waals surface area contributed by atoms with E-state index in [0.29, 0.717) is 12.6 Å². The maximum atomic E-state index is 12.6. The van der Waals surface area contributed by atoms with E-state index in [1.807, 2.05) is 7.05 Å². The second-order valence-electron chi connectivity index (χ2n) is 6.57. The van der Waals surface area contributed by atoms with E-state index in [4.69, 9.17) is 0 Å². The monoisotopic (exact) mass is 302 g/mol. The molecule has 2 rings (SSSR count). The summed E-state index contributed by atoms with van der Waals surface area (Å²) in [5, 5.41) is 0. The molecule has 0 radical (unpaired) electrons. The van der Waals surface area contributed by atoms with Crippen LogP contribution in [0.3, 0.4) is 0 Å². The maximum absolute atomic E-state index is 12.6. The fourth-order valence-electron chi connectivity index (χ4n) is 3.49. The van der Waals surface area contributed by atoms with Gasteiger partial charge in [0.25, 0.3) is 0 Å². The van der Waals surface area contributed by atoms with E-state index >= 15 is 0 Å². The Balaban J connectivity index is 1.90. The molecule has 0 heterocycles. The quantitative estimate of drug-likeness (QED) is 0.801. The zero-order chi connectivity index (χ0) is 15.9. The molecule has 1 saturated carbocycles. The number of nitrogens with zero attached hydrogens (tertiary/aromatic N) is 2. The van der Waals surface area contributed by atoms with Gasteiger partial charge in [-0.15, -0.1) is 0 Å². The topological polar surface area (TPSA) is 23.6 Å². The molecule has 1 aliphatic rings. The smallest absolute Gasteiger partial charge is 0.236 e. The average Bonchev–Trinajstić information content (AvgIpc) is 2.51. The number of amides is 1. The molecule has 1 aliphatic carbocycles. The molecule has 1 aromatic rings. The van der Waals surface area contributed by atoms with E-state index in [-0.39, 0.29) is 5.91 Å². The summed E-state index contributed by atoms with van der Waals surface area (Å²) in [5.41, 5.74) is 2.60. The normalized spacial score (nSPS) is 16.0. The summed E-state index contributed by atoms with van der Waals surface area (Å²) in [6.45, 7) is 6.42. The Hall–Kier alpha value is -1.35. The van der Waals surface area contributed by atoms with Crippen LogP contribution in [0.25, 0.3) is 0 Å². The summed E-state index contributed by atoms with van der Waals surface area (Å²) in [4.78, 5) is 16.9. The first kappa shape index (κ1) is 17.0. The molecule has 1 fully saturated rings. The lowest BCUT2D eigenvalue weighted by atomic mass is 9.94. The zero-order valence-electron chi connectivity index (χ0n) is 14.3. The molecule has 3 heteroatoms. The van der Waals surface area contributed by atoms with Gasteiger partial charge in [-0.05, 0) is 44.9 Å². The Kier molecular flexibility index (Phi) is 6.44. The van der Waals surface area contributed by atoms with Crippen molar-refractivity contribution in [2.24, 2.45) is 0 Å². The fourth-order valence-corrected chi connectivity index (χ4v) is 3.49. The van der Waals surface area contributed by atoms with Gasteiger partial charge in [0, 0.05) is 19.1 Å². The highest BCUT2D eigenvalue weighted by Crippen LogP contribution is 2.22. The van der Waals surface area contributed by atoms with Crippen molar-refractivity contribution in [2.45, 2.75) is 58.5 Å². The lowest BCUT2D eigenvalue weighted by Gasteiger charge is -2.34. The van der Waals surface area contributed by atoms with Crippen LogP contribution < -0.4 is 0 Å². The number of rotatable bonds is 6. The molecule has 0 saturated heterocycles. The van der Waals surface area contributed by atoms with Crippen molar-refractivity contribution in [3.63, 3.8) is 0 Å². The summed E-state index contributed by atoms with van der Waals surface area (Å²) in [6, 6.07) is 8.88. The lowest BCUT2D eigenvalue weighted by Crippen LogP contribution is -2.45. The minimum absolute atomic E-state index is 0.283. The van der Waals surface area contributed by atoms with E-state index in [2.05, 4.69) is 47.9 Å². The second-order valence-corrected chi connectivity index (χ2v) is 6.57. The first-order valence-corrected chi connectivity index (χ1v) is 8.64. The Morgan fingerprint density at radius 3 is 2.50 bits per heavy atom. The van der Waals surface area contributed by atoms with Crippen LogP contribution in [0.4, 0.5) is 0 Å². The highest BCUT2D eigenvalue weighted by Gasteiger charge is 2.24. The molecule has 1 aromatic carbocycles. The second kappa shape index (κ2) is 8.33. The Morgan fingerprint density at radius 2 is 1.86 bits per heavy atom. The van der Waals surface area contributed by atoms with Gasteiger partial charge in [0.15, 0.2) is 0 Å². The van der Waals surface area contributed by atoms with Gasteiger partial charge in [-0.2, -0.15) is 0 Å². The molecule has 22 heavy (non-hydrogen) atoms. The molecular formula is C19H30N2O. The zero-order valence-corrected chi connectivity index (χ0v) is 14.3. The summed E-state index contributed by atoms with van der Waals surface area (Å²) >= 11 is 0. The molecule has 0 N–H and O–H groups in total. The van der Waals surface area contributed by atoms with E-state index in [0.717, 1.165) is 13.1 Å². The van der Waals surface area contributed by atoms with Gasteiger partial charge >= 0.3 is 0 Å². The number of benzene rings is 1. The molecule has 122 valence electrons. The van der Waals surface area contributed by atoms with Gasteiger partial charge in [-0.1, -0.05) is 43.5 Å². The minimum Gasteiger partial charge on any atom is -0.339 e. The Morgan fingerprint density at radius 1 is 1.18 bits per heavy atom. The maximum Gasteiger partial charge on any atom is 0.236 e. The van der Waals surface area contributed by atoms with Gasteiger partial charge in [0.1, 0.15) is 0 Å². The number of carbonyl (C=O) groups excluding carboxylic acids is 1. The first-order chi connectivity index (χ1) is 10.6. The molecule has 0 unspecified atom stereocenters. The molecule has 1 amide bonds. The van der Waals surface area contributed by atoms with Crippen LogP contribution in [-0.2, 0) is 11.3 Å². The number of hydrogen-bond acceptors (Lipinski definition) is 2. The van der Waals surface area contributed by atoms with Crippen molar-refractivity contribution in [1.29, 1.82) is 0 Å². The summed E-state index contributed by atoms with van der Waals surface area (Å²) in [5.74, 6) is 0.283. The van der Waals surface area contributed by atoms with E-state index in [1.165, 1.54) is 43.2 Å². The molecular weight excluding hydrogens is 272 g/mol. The number of carbonyl (C=O) groups is 1. The Labute approximate surface area is 135 Å². The van der Waals surface area contributed by atoms with Crippen LogP contribution >= 0.6 is 0 Å². The van der Waals surface area contributed by atoms with Crippen molar-refractivity contribution in [3.8, 4) is 0 Å². The van der Waals surface area contributed by atoms with Gasteiger partial charge < -0.3 is 4.90 Å². The Bertz CT molecular complexity index is 480. The standard InChI is InChI=1S/C19H30N2O/c1-4-21(18-12-6-5-7-13-18)19(22)15-20(3)14-17-11-9-8-10-16(17)2/h8-11,18H,4-7,12-15H2,1-3H3. The molecule has 0 aliphatic heterocycles. The largest absolute Gasteiger partial charge is 0.339 e. The van der Waals surface area contributed by atoms with Crippen LogP contribution in [0.5, 0.6) is 0 Å². The van der Waals surface area contributed by atoms with Crippen LogP contribution in [-0.4, -0.2) is 41.9 Å². The van der Waals surface area contributed by atoms with Crippen molar-refractivity contribution < 1.29 is 4.79 Å². The third kappa shape index (κ3) is 4.57. The fraction of sp³-hybridized carbons (Fsp3) is 0.632. The number of hydrogen-bond donors (Lipinski definition) is 0. The predicted octanol–water partition coefficient (Wildman–Crippen LogP) is 3.61. The van der Waals surface area contributed by atoms with Gasteiger partial charge in [-0.3, -0.25) is 9.69 Å². The molecule has 0 atom stereocenters. The number of likely N-dealkylation sites (N-methyl/N-ethyl adjacent to an activating group) is 2. The van der Waals surface area contributed by atoms with Gasteiger partial charge in [-0.25, -0.2) is 0 Å². The van der Waals surface area contributed by atoms with E-state index in [9.17, 15) is 4.79 Å². The molecule has 0 bridgehead atoms. The predicted molar refractivity (Wildman–Crippen MR) is 91.8 cm³/mol.